The van der Waals surface area contributed by atoms with Gasteiger partial charge in [0.15, 0.2) is 5.13 Å². The summed E-state index contributed by atoms with van der Waals surface area (Å²) in [7, 11) is 0. The molecule has 0 spiro atoms. The number of nitrogens with zero attached hydrogens (tertiary/aromatic N) is 3. The summed E-state index contributed by atoms with van der Waals surface area (Å²) in [4.78, 5) is 24.7. The van der Waals surface area contributed by atoms with Crippen LogP contribution in [0.2, 0.25) is 0 Å². The average Bonchev–Trinajstić information content (AvgIpc) is 2.95. The van der Waals surface area contributed by atoms with Gasteiger partial charge in [-0.2, -0.15) is 0 Å². The zero-order chi connectivity index (χ0) is 14.8. The van der Waals surface area contributed by atoms with E-state index in [0.717, 1.165) is 5.52 Å². The number of hydrogen-bond acceptors (Lipinski definition) is 6. The maximum Gasteiger partial charge on any atom is 0.257 e. The lowest BCUT2D eigenvalue weighted by Crippen LogP contribution is -2.12. The van der Waals surface area contributed by atoms with Crippen LogP contribution >= 0.6 is 11.3 Å². The molecule has 0 saturated carbocycles. The lowest BCUT2D eigenvalue weighted by Gasteiger charge is -2.03. The number of carbonyl (C=O) groups is 1. The van der Waals surface area contributed by atoms with Gasteiger partial charge in [-0.25, -0.2) is 4.98 Å². The molecule has 1 amide bonds. The second kappa shape index (κ2) is 5.55. The van der Waals surface area contributed by atoms with Crippen LogP contribution in [0.3, 0.4) is 0 Å². The number of fused-ring (bicyclic) bond motifs is 1. The molecular weight excluding hydrogens is 288 g/mol. The number of thiazole rings is 1. The molecule has 1 atom stereocenters. The molecule has 1 aromatic carbocycles. The third kappa shape index (κ3) is 2.88. The van der Waals surface area contributed by atoms with Crippen LogP contribution in [-0.4, -0.2) is 26.0 Å². The van der Waals surface area contributed by atoms with Crippen molar-refractivity contribution in [3.8, 4) is 0 Å². The number of benzene rings is 1. The average molecular weight is 300 g/mol. The fourth-order valence-corrected chi connectivity index (χ4v) is 2.60. The van der Waals surface area contributed by atoms with Gasteiger partial charge in [0.1, 0.15) is 0 Å². The molecule has 0 aliphatic rings. The van der Waals surface area contributed by atoms with Crippen LogP contribution in [0.4, 0.5) is 5.13 Å². The minimum atomic E-state index is -0.650. The standard InChI is InChI=1S/C14H12N4O2S/c1-8(19)12-7-21-14(17-12)18-13(20)9-2-3-10-11(6-9)16-5-4-15-10/h2-8,19H,1H3,(H,17,18,20). The lowest BCUT2D eigenvalue weighted by atomic mass is 10.2. The summed E-state index contributed by atoms with van der Waals surface area (Å²) < 4.78 is 0. The highest BCUT2D eigenvalue weighted by Gasteiger charge is 2.12. The molecule has 2 aromatic heterocycles. The van der Waals surface area contributed by atoms with E-state index in [1.54, 1.807) is 42.9 Å². The predicted octanol–water partition coefficient (Wildman–Crippen LogP) is 2.39. The van der Waals surface area contributed by atoms with Crippen molar-refractivity contribution in [1.29, 1.82) is 0 Å². The normalized spacial score (nSPS) is 12.3. The molecule has 7 heteroatoms. The number of aliphatic hydroxyl groups excluding tert-OH is 1. The van der Waals surface area contributed by atoms with Crippen molar-refractivity contribution in [3.63, 3.8) is 0 Å². The Bertz CT molecular complexity index is 800. The summed E-state index contributed by atoms with van der Waals surface area (Å²) in [6.07, 6.45) is 2.54. The Kier molecular flexibility index (Phi) is 3.59. The van der Waals surface area contributed by atoms with Crippen LogP contribution in [-0.2, 0) is 0 Å². The van der Waals surface area contributed by atoms with Crippen molar-refractivity contribution < 1.29 is 9.90 Å². The molecule has 0 radical (unpaired) electrons. The van der Waals surface area contributed by atoms with E-state index < -0.39 is 6.10 Å². The van der Waals surface area contributed by atoms with E-state index in [2.05, 4.69) is 20.3 Å². The molecule has 0 saturated heterocycles. The Morgan fingerprint density at radius 3 is 2.76 bits per heavy atom. The first-order valence-electron chi connectivity index (χ1n) is 6.29. The number of amides is 1. The Balaban J connectivity index is 1.82. The van der Waals surface area contributed by atoms with E-state index >= 15 is 0 Å². The van der Waals surface area contributed by atoms with E-state index in [0.29, 0.717) is 21.9 Å². The fourth-order valence-electron chi connectivity index (χ4n) is 1.81. The summed E-state index contributed by atoms with van der Waals surface area (Å²) in [5, 5.41) is 14.3. The van der Waals surface area contributed by atoms with E-state index in [4.69, 9.17) is 0 Å². The van der Waals surface area contributed by atoms with Gasteiger partial charge in [0.2, 0.25) is 0 Å². The summed E-state index contributed by atoms with van der Waals surface area (Å²) >= 11 is 1.27. The number of aliphatic hydroxyl groups is 1. The topological polar surface area (TPSA) is 88.0 Å². The second-order valence-corrected chi connectivity index (χ2v) is 5.33. The molecule has 2 heterocycles. The molecule has 6 nitrogen and oxygen atoms in total. The van der Waals surface area contributed by atoms with Gasteiger partial charge in [0.05, 0.1) is 22.8 Å². The molecule has 3 aromatic rings. The van der Waals surface area contributed by atoms with E-state index in [1.165, 1.54) is 11.3 Å². The van der Waals surface area contributed by atoms with Crippen LogP contribution in [0.5, 0.6) is 0 Å². The van der Waals surface area contributed by atoms with Gasteiger partial charge in [-0.3, -0.25) is 20.1 Å². The molecule has 21 heavy (non-hydrogen) atoms. The Labute approximate surface area is 124 Å². The van der Waals surface area contributed by atoms with Gasteiger partial charge < -0.3 is 5.11 Å². The van der Waals surface area contributed by atoms with Crippen molar-refractivity contribution in [3.05, 3.63) is 47.2 Å². The Morgan fingerprint density at radius 2 is 2.05 bits per heavy atom. The third-order valence-corrected chi connectivity index (χ3v) is 3.68. The molecule has 1 unspecified atom stereocenters. The summed E-state index contributed by atoms with van der Waals surface area (Å²) in [5.74, 6) is -0.269. The SMILES string of the molecule is CC(O)c1csc(NC(=O)c2ccc3nccnc3c2)n1. The molecule has 0 bridgehead atoms. The van der Waals surface area contributed by atoms with Gasteiger partial charge >= 0.3 is 0 Å². The smallest absolute Gasteiger partial charge is 0.257 e. The number of carbonyl (C=O) groups excluding carboxylic acids is 1. The first-order valence-corrected chi connectivity index (χ1v) is 7.17. The summed E-state index contributed by atoms with van der Waals surface area (Å²) in [5.41, 5.74) is 2.42. The minimum Gasteiger partial charge on any atom is -0.387 e. The molecule has 106 valence electrons. The monoisotopic (exact) mass is 300 g/mol. The van der Waals surface area contributed by atoms with Gasteiger partial charge in [-0.15, -0.1) is 11.3 Å². The molecule has 2 N–H and O–H groups in total. The maximum atomic E-state index is 12.2. The number of nitrogens with one attached hydrogen (secondary N) is 1. The van der Waals surface area contributed by atoms with Crippen molar-refractivity contribution >= 4 is 33.4 Å². The van der Waals surface area contributed by atoms with E-state index in [1.807, 2.05) is 0 Å². The van der Waals surface area contributed by atoms with Gasteiger partial charge in [-0.05, 0) is 25.1 Å². The summed E-state index contributed by atoms with van der Waals surface area (Å²) in [6, 6.07) is 5.12. The van der Waals surface area contributed by atoms with E-state index in [9.17, 15) is 9.90 Å². The van der Waals surface area contributed by atoms with Crippen molar-refractivity contribution in [2.75, 3.05) is 5.32 Å². The van der Waals surface area contributed by atoms with Crippen LogP contribution in [0.25, 0.3) is 11.0 Å². The quantitative estimate of drug-likeness (QED) is 0.775. The van der Waals surface area contributed by atoms with Crippen molar-refractivity contribution in [1.82, 2.24) is 15.0 Å². The van der Waals surface area contributed by atoms with Crippen molar-refractivity contribution in [2.24, 2.45) is 0 Å². The highest BCUT2D eigenvalue weighted by atomic mass is 32.1. The molecule has 0 fully saturated rings. The highest BCUT2D eigenvalue weighted by molar-refractivity contribution is 7.14. The third-order valence-electron chi connectivity index (χ3n) is 2.90. The van der Waals surface area contributed by atoms with Crippen LogP contribution in [0, 0.1) is 0 Å². The molecule has 0 aliphatic carbocycles. The first kappa shape index (κ1) is 13.6. The van der Waals surface area contributed by atoms with Crippen LogP contribution in [0.1, 0.15) is 29.1 Å². The fraction of sp³-hybridized carbons (Fsp3) is 0.143. The molecule has 0 aliphatic heterocycles. The molecule has 3 rings (SSSR count). The zero-order valence-corrected chi connectivity index (χ0v) is 12.0. The lowest BCUT2D eigenvalue weighted by molar-refractivity contribution is 0.102. The van der Waals surface area contributed by atoms with E-state index in [-0.39, 0.29) is 5.91 Å². The van der Waals surface area contributed by atoms with Crippen LogP contribution in [0.15, 0.2) is 36.0 Å². The number of anilines is 1. The largest absolute Gasteiger partial charge is 0.387 e. The minimum absolute atomic E-state index is 0.269. The Hall–Kier alpha value is -2.38. The second-order valence-electron chi connectivity index (χ2n) is 4.47. The van der Waals surface area contributed by atoms with Crippen LogP contribution < -0.4 is 5.32 Å². The number of hydrogen-bond donors (Lipinski definition) is 2. The van der Waals surface area contributed by atoms with Gasteiger partial charge in [0, 0.05) is 23.3 Å². The maximum absolute atomic E-state index is 12.2. The zero-order valence-electron chi connectivity index (χ0n) is 11.1. The van der Waals surface area contributed by atoms with Gasteiger partial charge in [-0.1, -0.05) is 0 Å². The highest BCUT2D eigenvalue weighted by Crippen LogP contribution is 2.21. The predicted molar refractivity (Wildman–Crippen MR) is 80.2 cm³/mol. The number of rotatable bonds is 3. The van der Waals surface area contributed by atoms with Crippen molar-refractivity contribution in [2.45, 2.75) is 13.0 Å². The molecular formula is C14H12N4O2S. The summed E-state index contributed by atoms with van der Waals surface area (Å²) in [6.45, 7) is 1.63. The number of aromatic nitrogens is 3. The van der Waals surface area contributed by atoms with Gasteiger partial charge in [0.25, 0.3) is 5.91 Å². The first-order chi connectivity index (χ1) is 10.1. The Morgan fingerprint density at radius 1 is 1.29 bits per heavy atom.